The Morgan fingerprint density at radius 3 is 1.48 bits per heavy atom. The molecule has 2 aliphatic heterocycles. The molecule has 16 heteroatoms. The fourth-order valence-corrected chi connectivity index (χ4v) is 8.48. The van der Waals surface area contributed by atoms with Crippen LogP contribution in [0.1, 0.15) is 93.9 Å². The Labute approximate surface area is 350 Å². The lowest BCUT2D eigenvalue weighted by Crippen LogP contribution is -2.22. The molecule has 4 heterocycles. The second kappa shape index (κ2) is 15.7. The number of carbonyl (C=O) groups is 2. The Hall–Kier alpha value is -6.58. The first-order chi connectivity index (χ1) is 29.3. The van der Waals surface area contributed by atoms with E-state index in [-0.39, 0.29) is 35.9 Å². The summed E-state index contributed by atoms with van der Waals surface area (Å²) < 4.78 is 93.6. The van der Waals surface area contributed by atoms with Crippen molar-refractivity contribution in [3.05, 3.63) is 142 Å². The fourth-order valence-electron chi connectivity index (χ4n) is 8.48. The summed E-state index contributed by atoms with van der Waals surface area (Å²) in [6.07, 6.45) is -5.03. The van der Waals surface area contributed by atoms with E-state index in [1.165, 1.54) is 21.3 Å². The van der Waals surface area contributed by atoms with E-state index in [0.29, 0.717) is 63.2 Å². The van der Waals surface area contributed by atoms with Crippen molar-refractivity contribution < 1.29 is 55.6 Å². The molecule has 2 aromatic heterocycles. The molecule has 0 unspecified atom stereocenters. The molecule has 0 atom stereocenters. The van der Waals surface area contributed by atoms with Crippen molar-refractivity contribution in [1.29, 1.82) is 0 Å². The van der Waals surface area contributed by atoms with Crippen LogP contribution in [0.3, 0.4) is 0 Å². The van der Waals surface area contributed by atoms with Gasteiger partial charge < -0.3 is 28.8 Å². The predicted molar refractivity (Wildman–Crippen MR) is 219 cm³/mol. The molecule has 0 saturated heterocycles. The molecule has 1 aliphatic carbocycles. The number of aliphatic imine (C=N–C) groups is 2. The summed E-state index contributed by atoms with van der Waals surface area (Å²) in [5.41, 5.74) is 0.195. The third-order valence-electron chi connectivity index (χ3n) is 11.3. The molecule has 2 N–H and O–H groups in total. The Morgan fingerprint density at radius 2 is 1.06 bits per heavy atom. The minimum Gasteiger partial charge on any atom is -0.477 e. The number of nitrogens with zero attached hydrogens (tertiary/aromatic N) is 4. The average Bonchev–Trinajstić information content (AvgIpc) is 4.05. The van der Waals surface area contributed by atoms with Crippen LogP contribution in [0.15, 0.2) is 107 Å². The number of ether oxygens (including phenoxy) is 2. The SMILES string of the molecule is CC1(C)COC(c2c(C(=O)O)n(Cc3cccc(C(F)(F)F)c3)c3ccccc23)=N1.O=C(O)c1c(C2=NC3(CCCC3)CO2)c2ccccc2n1Cc1cccc(C(F)(F)F)c1. The maximum absolute atomic E-state index is 13.2. The monoisotopic (exact) mass is 858 g/mol. The summed E-state index contributed by atoms with van der Waals surface area (Å²) >= 11 is 0. The molecule has 1 fully saturated rings. The molecule has 62 heavy (non-hydrogen) atoms. The highest BCUT2D eigenvalue weighted by atomic mass is 19.4. The molecule has 0 radical (unpaired) electrons. The Bertz CT molecular complexity index is 2790. The molecule has 0 bridgehead atoms. The van der Waals surface area contributed by atoms with Gasteiger partial charge in [0.15, 0.2) is 0 Å². The van der Waals surface area contributed by atoms with E-state index in [4.69, 9.17) is 14.5 Å². The van der Waals surface area contributed by atoms with Gasteiger partial charge in [0.25, 0.3) is 0 Å². The number of hydrogen-bond donors (Lipinski definition) is 2. The smallest absolute Gasteiger partial charge is 0.416 e. The maximum Gasteiger partial charge on any atom is 0.416 e. The first-order valence-electron chi connectivity index (χ1n) is 19.8. The van der Waals surface area contributed by atoms with Gasteiger partial charge in [0.05, 0.1) is 33.3 Å². The standard InChI is InChI=1S/C24H21F3N2O3.C22H19F3N2O3/c25-24(26,27)16-7-5-6-15(12-16)13-29-18-9-2-1-8-17(18)19(20(29)22(30)31)21-28-23(14-32-21)10-3-4-11-23;1-21(2)12-30-19(26-21)17-15-8-3-4-9-16(15)27(18(17)20(28)29)11-13-6-5-7-14(10-13)22(23,24)25/h1-2,5-9,12H,3-4,10-11,13-14H2,(H,30,31);3-10H,11-12H2,1-2H3,(H,28,29). The zero-order valence-electron chi connectivity index (χ0n) is 33.5. The van der Waals surface area contributed by atoms with Gasteiger partial charge in [0, 0.05) is 34.9 Å². The summed E-state index contributed by atoms with van der Waals surface area (Å²) in [5, 5.41) is 21.4. The lowest BCUT2D eigenvalue weighted by Gasteiger charge is -2.14. The van der Waals surface area contributed by atoms with Crippen LogP contribution in [-0.4, -0.2) is 67.4 Å². The van der Waals surface area contributed by atoms with E-state index in [1.807, 2.05) is 13.8 Å². The summed E-state index contributed by atoms with van der Waals surface area (Å²) in [5.74, 6) is -1.84. The van der Waals surface area contributed by atoms with Crippen molar-refractivity contribution in [3.8, 4) is 0 Å². The molecule has 10 nitrogen and oxygen atoms in total. The van der Waals surface area contributed by atoms with Crippen LogP contribution in [0.5, 0.6) is 0 Å². The summed E-state index contributed by atoms with van der Waals surface area (Å²) in [6.45, 7) is 4.43. The molecule has 0 amide bonds. The van der Waals surface area contributed by atoms with Gasteiger partial charge in [-0.1, -0.05) is 73.5 Å². The number of hydrogen-bond acceptors (Lipinski definition) is 6. The second-order valence-corrected chi connectivity index (χ2v) is 16.3. The first-order valence-corrected chi connectivity index (χ1v) is 19.8. The first kappa shape index (κ1) is 42.1. The maximum atomic E-state index is 13.2. The van der Waals surface area contributed by atoms with E-state index >= 15 is 0 Å². The number of rotatable bonds is 8. The van der Waals surface area contributed by atoms with Crippen molar-refractivity contribution in [2.45, 2.75) is 76.1 Å². The van der Waals surface area contributed by atoms with E-state index < -0.39 is 41.0 Å². The topological polar surface area (TPSA) is 128 Å². The van der Waals surface area contributed by atoms with Gasteiger partial charge in [-0.05, 0) is 74.2 Å². The van der Waals surface area contributed by atoms with Gasteiger partial charge in [-0.3, -0.25) is 0 Å². The average molecular weight is 859 g/mol. The number of benzene rings is 4. The highest BCUT2D eigenvalue weighted by Gasteiger charge is 2.42. The van der Waals surface area contributed by atoms with Crippen LogP contribution in [0.4, 0.5) is 26.3 Å². The quantitative estimate of drug-likeness (QED) is 0.147. The van der Waals surface area contributed by atoms with Crippen LogP contribution in [-0.2, 0) is 34.9 Å². The lowest BCUT2D eigenvalue weighted by atomic mass is 10.0. The summed E-state index contributed by atoms with van der Waals surface area (Å²) in [4.78, 5) is 34.0. The predicted octanol–water partition coefficient (Wildman–Crippen LogP) is 10.5. The zero-order chi connectivity index (χ0) is 44.2. The Morgan fingerprint density at radius 1 is 0.629 bits per heavy atom. The number of aromatic carboxylic acids is 2. The third kappa shape index (κ3) is 8.12. The highest BCUT2D eigenvalue weighted by Crippen LogP contribution is 2.40. The van der Waals surface area contributed by atoms with Gasteiger partial charge in [-0.15, -0.1) is 0 Å². The van der Waals surface area contributed by atoms with E-state index in [0.717, 1.165) is 49.9 Å². The largest absolute Gasteiger partial charge is 0.477 e. The molecule has 1 saturated carbocycles. The van der Waals surface area contributed by atoms with E-state index in [2.05, 4.69) is 4.99 Å². The van der Waals surface area contributed by atoms with Gasteiger partial charge >= 0.3 is 24.3 Å². The van der Waals surface area contributed by atoms with Gasteiger partial charge in [0.1, 0.15) is 24.6 Å². The van der Waals surface area contributed by atoms with E-state index in [1.54, 1.807) is 60.7 Å². The molecule has 322 valence electrons. The number of para-hydroxylation sites is 2. The molecular formula is C46H40F6N4O6. The molecule has 3 aliphatic rings. The minimum atomic E-state index is -4.48. The second-order valence-electron chi connectivity index (χ2n) is 16.3. The molecule has 6 aromatic rings. The van der Waals surface area contributed by atoms with E-state index in [9.17, 15) is 46.1 Å². The zero-order valence-corrected chi connectivity index (χ0v) is 33.5. The highest BCUT2D eigenvalue weighted by molar-refractivity contribution is 6.16. The van der Waals surface area contributed by atoms with Crippen molar-refractivity contribution in [3.63, 3.8) is 0 Å². The molecule has 4 aromatic carbocycles. The number of fused-ring (bicyclic) bond motifs is 2. The van der Waals surface area contributed by atoms with Crippen LogP contribution in [0, 0.1) is 0 Å². The van der Waals surface area contributed by atoms with Crippen LogP contribution in [0.2, 0.25) is 0 Å². The van der Waals surface area contributed by atoms with Crippen molar-refractivity contribution in [1.82, 2.24) is 9.13 Å². The minimum absolute atomic E-state index is 0.0233. The van der Waals surface area contributed by atoms with Crippen LogP contribution in [0.25, 0.3) is 21.8 Å². The summed E-state index contributed by atoms with van der Waals surface area (Å²) in [7, 11) is 0. The normalized spacial score (nSPS) is 16.8. The number of carboxylic acid groups (broad SMARTS) is 2. The Kier molecular flexibility index (Phi) is 10.7. The van der Waals surface area contributed by atoms with Crippen molar-refractivity contribution >= 4 is 45.5 Å². The number of aromatic nitrogens is 2. The van der Waals surface area contributed by atoms with Crippen LogP contribution < -0.4 is 0 Å². The van der Waals surface area contributed by atoms with Crippen molar-refractivity contribution in [2.75, 3.05) is 13.2 Å². The molecular weight excluding hydrogens is 819 g/mol. The Balaban J connectivity index is 0.000000171. The van der Waals surface area contributed by atoms with Gasteiger partial charge in [0.2, 0.25) is 11.8 Å². The van der Waals surface area contributed by atoms with Gasteiger partial charge in [-0.2, -0.15) is 26.3 Å². The van der Waals surface area contributed by atoms with Gasteiger partial charge in [-0.25, -0.2) is 19.6 Å². The lowest BCUT2D eigenvalue weighted by molar-refractivity contribution is -0.138. The fraction of sp³-hybridized carbons (Fsp3) is 0.304. The van der Waals surface area contributed by atoms with Crippen LogP contribution >= 0.6 is 0 Å². The molecule has 9 rings (SSSR count). The van der Waals surface area contributed by atoms with Crippen molar-refractivity contribution in [2.24, 2.45) is 9.98 Å². The third-order valence-corrected chi connectivity index (χ3v) is 11.3. The number of alkyl halides is 6. The number of carboxylic acids is 2. The number of halogens is 6. The summed E-state index contributed by atoms with van der Waals surface area (Å²) in [6, 6.07) is 24.0. The molecule has 1 spiro atoms.